The number of nitrogens with one attached hydrogen (secondary N) is 1. The molecule has 1 heterocycles. The van der Waals surface area contributed by atoms with Gasteiger partial charge >= 0.3 is 5.97 Å². The molecule has 24 heavy (non-hydrogen) atoms. The molecule has 2 rings (SSSR count). The molecule has 7 nitrogen and oxygen atoms in total. The highest BCUT2D eigenvalue weighted by Crippen LogP contribution is 2.23. The molecule has 2 aromatic rings. The fourth-order valence-electron chi connectivity index (χ4n) is 1.92. The molecular formula is C16H15N3O4S. The largest absolute Gasteiger partial charge is 0.482 e. The minimum atomic E-state index is -0.477. The van der Waals surface area contributed by atoms with Gasteiger partial charge in [0.2, 0.25) is 0 Å². The molecule has 0 aliphatic carbocycles. The van der Waals surface area contributed by atoms with Gasteiger partial charge in [0.25, 0.3) is 5.56 Å². The third-order valence-corrected chi connectivity index (χ3v) is 3.57. The van der Waals surface area contributed by atoms with Crippen LogP contribution >= 0.6 is 11.8 Å². The summed E-state index contributed by atoms with van der Waals surface area (Å²) >= 11 is 1.28. The van der Waals surface area contributed by atoms with Crippen molar-refractivity contribution in [3.8, 4) is 23.1 Å². The Kier molecular flexibility index (Phi) is 5.98. The first-order valence-electron chi connectivity index (χ1n) is 7.06. The topological polar surface area (TPSA) is 105 Å². The average Bonchev–Trinajstić information content (AvgIpc) is 2.60. The van der Waals surface area contributed by atoms with Crippen LogP contribution in [0.25, 0.3) is 11.3 Å². The van der Waals surface area contributed by atoms with Gasteiger partial charge in [0.05, 0.1) is 12.3 Å². The number of benzene rings is 1. The molecule has 0 saturated heterocycles. The summed E-state index contributed by atoms with van der Waals surface area (Å²) in [6.45, 7) is 1.83. The van der Waals surface area contributed by atoms with Gasteiger partial charge in [-0.1, -0.05) is 11.8 Å². The SMILES string of the molecule is CCOC(=O)COc1ccc(-c2nc(SC)[nH]c(=O)c2C#N)cc1. The summed E-state index contributed by atoms with van der Waals surface area (Å²) in [7, 11) is 0. The lowest BCUT2D eigenvalue weighted by atomic mass is 10.1. The second-order valence-electron chi connectivity index (χ2n) is 4.53. The molecule has 0 bridgehead atoms. The first-order valence-corrected chi connectivity index (χ1v) is 8.28. The number of rotatable bonds is 6. The summed E-state index contributed by atoms with van der Waals surface area (Å²) in [5, 5.41) is 9.61. The van der Waals surface area contributed by atoms with Crippen LogP contribution in [0, 0.1) is 11.3 Å². The highest BCUT2D eigenvalue weighted by atomic mass is 32.2. The van der Waals surface area contributed by atoms with Crippen LogP contribution in [0.2, 0.25) is 0 Å². The molecular weight excluding hydrogens is 330 g/mol. The molecule has 0 saturated carbocycles. The van der Waals surface area contributed by atoms with Crippen LogP contribution in [0.3, 0.4) is 0 Å². The number of nitriles is 1. The van der Waals surface area contributed by atoms with Crippen molar-refractivity contribution < 1.29 is 14.3 Å². The maximum Gasteiger partial charge on any atom is 0.344 e. The van der Waals surface area contributed by atoms with Crippen LogP contribution in [0.4, 0.5) is 0 Å². The zero-order valence-electron chi connectivity index (χ0n) is 13.2. The Labute approximate surface area is 142 Å². The second kappa shape index (κ2) is 8.17. The first kappa shape index (κ1) is 17.6. The lowest BCUT2D eigenvalue weighted by Crippen LogP contribution is -2.15. The Hall–Kier alpha value is -2.79. The van der Waals surface area contributed by atoms with Gasteiger partial charge < -0.3 is 14.5 Å². The Morgan fingerprint density at radius 2 is 2.08 bits per heavy atom. The Balaban J connectivity index is 2.25. The fraction of sp³-hybridized carbons (Fsp3) is 0.250. The number of carbonyl (C=O) groups is 1. The van der Waals surface area contributed by atoms with Crippen molar-refractivity contribution in [2.24, 2.45) is 0 Å². The molecule has 1 N–H and O–H groups in total. The van der Waals surface area contributed by atoms with Crippen molar-refractivity contribution in [1.82, 2.24) is 9.97 Å². The van der Waals surface area contributed by atoms with Gasteiger partial charge in [-0.15, -0.1) is 0 Å². The van der Waals surface area contributed by atoms with E-state index in [1.165, 1.54) is 11.8 Å². The predicted molar refractivity (Wildman–Crippen MR) is 88.9 cm³/mol. The number of esters is 1. The molecule has 1 aromatic heterocycles. The van der Waals surface area contributed by atoms with Gasteiger partial charge in [-0.25, -0.2) is 9.78 Å². The number of nitrogens with zero attached hydrogens (tertiary/aromatic N) is 2. The van der Waals surface area contributed by atoms with E-state index in [0.717, 1.165) is 0 Å². The standard InChI is InChI=1S/C16H15N3O4S/c1-3-22-13(20)9-23-11-6-4-10(5-7-11)14-12(8-17)15(21)19-16(18-14)24-2/h4-7H,3,9H2,1-2H3,(H,18,19,21). The normalized spacial score (nSPS) is 10.0. The molecule has 0 unspecified atom stereocenters. The van der Waals surface area contributed by atoms with Gasteiger partial charge in [0, 0.05) is 5.56 Å². The van der Waals surface area contributed by atoms with E-state index in [0.29, 0.717) is 28.8 Å². The minimum Gasteiger partial charge on any atom is -0.482 e. The van der Waals surface area contributed by atoms with E-state index in [-0.39, 0.29) is 12.2 Å². The molecule has 0 fully saturated rings. The van der Waals surface area contributed by atoms with Gasteiger partial charge in [-0.05, 0) is 37.4 Å². The summed E-state index contributed by atoms with van der Waals surface area (Å²) in [6.07, 6.45) is 1.78. The summed E-state index contributed by atoms with van der Waals surface area (Å²) in [6, 6.07) is 8.49. The summed E-state index contributed by atoms with van der Waals surface area (Å²) in [4.78, 5) is 30.0. The average molecular weight is 345 g/mol. The Morgan fingerprint density at radius 1 is 1.38 bits per heavy atom. The summed E-state index contributed by atoms with van der Waals surface area (Å²) in [5.41, 5.74) is 0.390. The quantitative estimate of drug-likeness (QED) is 0.485. The smallest absolute Gasteiger partial charge is 0.344 e. The lowest BCUT2D eigenvalue weighted by Gasteiger charge is -2.08. The highest BCUT2D eigenvalue weighted by Gasteiger charge is 2.13. The van der Waals surface area contributed by atoms with E-state index in [1.54, 1.807) is 37.4 Å². The van der Waals surface area contributed by atoms with E-state index in [2.05, 4.69) is 9.97 Å². The molecule has 0 aliphatic heterocycles. The molecule has 0 atom stereocenters. The minimum absolute atomic E-state index is 0.0482. The van der Waals surface area contributed by atoms with Crippen LogP contribution in [0.1, 0.15) is 12.5 Å². The molecule has 0 amide bonds. The monoisotopic (exact) mass is 345 g/mol. The van der Waals surface area contributed by atoms with Crippen LogP contribution in [0.5, 0.6) is 5.75 Å². The number of hydrogen-bond donors (Lipinski definition) is 1. The lowest BCUT2D eigenvalue weighted by molar-refractivity contribution is -0.145. The van der Waals surface area contributed by atoms with Crippen LogP contribution < -0.4 is 10.3 Å². The molecule has 0 radical (unpaired) electrons. The predicted octanol–water partition coefficient (Wildman–Crippen LogP) is 1.97. The van der Waals surface area contributed by atoms with Crippen LogP contribution in [-0.4, -0.2) is 35.4 Å². The number of aromatic amines is 1. The number of aromatic nitrogens is 2. The number of ether oxygens (including phenoxy) is 2. The second-order valence-corrected chi connectivity index (χ2v) is 5.32. The van der Waals surface area contributed by atoms with E-state index in [4.69, 9.17) is 9.47 Å². The number of H-pyrrole nitrogens is 1. The Bertz CT molecular complexity index is 825. The van der Waals surface area contributed by atoms with E-state index < -0.39 is 11.5 Å². The highest BCUT2D eigenvalue weighted by molar-refractivity contribution is 7.98. The Morgan fingerprint density at radius 3 is 2.67 bits per heavy atom. The third kappa shape index (κ3) is 4.14. The summed E-state index contributed by atoms with van der Waals surface area (Å²) < 4.78 is 10.1. The molecule has 124 valence electrons. The van der Waals surface area contributed by atoms with Gasteiger partial charge in [-0.2, -0.15) is 5.26 Å². The van der Waals surface area contributed by atoms with Gasteiger partial charge in [0.1, 0.15) is 17.4 Å². The number of hydrogen-bond acceptors (Lipinski definition) is 7. The van der Waals surface area contributed by atoms with Crippen molar-refractivity contribution in [2.75, 3.05) is 19.5 Å². The maximum absolute atomic E-state index is 11.9. The zero-order chi connectivity index (χ0) is 17.5. The number of carbonyl (C=O) groups excluding carboxylic acids is 1. The van der Waals surface area contributed by atoms with Crippen molar-refractivity contribution >= 4 is 17.7 Å². The van der Waals surface area contributed by atoms with Gasteiger partial charge in [-0.3, -0.25) is 4.79 Å². The molecule has 0 spiro atoms. The fourth-order valence-corrected chi connectivity index (χ4v) is 2.29. The van der Waals surface area contributed by atoms with Crippen molar-refractivity contribution in [2.45, 2.75) is 12.1 Å². The van der Waals surface area contributed by atoms with Crippen molar-refractivity contribution in [3.05, 3.63) is 40.2 Å². The first-order chi connectivity index (χ1) is 11.6. The zero-order valence-corrected chi connectivity index (χ0v) is 14.0. The van der Waals surface area contributed by atoms with E-state index >= 15 is 0 Å². The van der Waals surface area contributed by atoms with Crippen molar-refractivity contribution in [1.29, 1.82) is 5.26 Å². The van der Waals surface area contributed by atoms with Crippen molar-refractivity contribution in [3.63, 3.8) is 0 Å². The molecule has 0 aliphatic rings. The van der Waals surface area contributed by atoms with Crippen LogP contribution in [0.15, 0.2) is 34.2 Å². The molecule has 8 heteroatoms. The van der Waals surface area contributed by atoms with Crippen LogP contribution in [-0.2, 0) is 9.53 Å². The molecule has 1 aromatic carbocycles. The van der Waals surface area contributed by atoms with E-state index in [9.17, 15) is 14.9 Å². The maximum atomic E-state index is 11.9. The third-order valence-electron chi connectivity index (χ3n) is 2.99. The van der Waals surface area contributed by atoms with Gasteiger partial charge in [0.15, 0.2) is 11.8 Å². The number of thioether (sulfide) groups is 1. The summed E-state index contributed by atoms with van der Waals surface area (Å²) in [5.74, 6) is 0.0226. The van der Waals surface area contributed by atoms with E-state index in [1.807, 2.05) is 6.07 Å².